The Bertz CT molecular complexity index is 1700. The summed E-state index contributed by atoms with van der Waals surface area (Å²) < 4.78 is 35.6. The van der Waals surface area contributed by atoms with Crippen molar-refractivity contribution in [2.45, 2.75) is 26.7 Å². The van der Waals surface area contributed by atoms with E-state index in [0.717, 1.165) is 36.7 Å². The maximum absolute atomic E-state index is 15.5. The van der Waals surface area contributed by atoms with Crippen molar-refractivity contribution in [1.82, 2.24) is 15.0 Å². The fraction of sp³-hybridized carbons (Fsp3) is 0.242. The van der Waals surface area contributed by atoms with Crippen LogP contribution in [0.5, 0.6) is 5.75 Å². The van der Waals surface area contributed by atoms with Gasteiger partial charge in [-0.3, -0.25) is 9.97 Å². The van der Waals surface area contributed by atoms with Crippen LogP contribution in [0.2, 0.25) is 0 Å². The largest absolute Gasteiger partial charge is 0.496 e. The number of aromatic nitrogens is 3. The van der Waals surface area contributed by atoms with Crippen LogP contribution in [0.1, 0.15) is 25.3 Å². The first-order valence-electron chi connectivity index (χ1n) is 13.9. The van der Waals surface area contributed by atoms with E-state index in [0.29, 0.717) is 46.3 Å². The van der Waals surface area contributed by atoms with Gasteiger partial charge in [-0.25, -0.2) is 13.8 Å². The van der Waals surface area contributed by atoms with Crippen LogP contribution in [-0.4, -0.2) is 46.9 Å². The summed E-state index contributed by atoms with van der Waals surface area (Å²) in [5.74, 6) is -0.829. The van der Waals surface area contributed by atoms with Crippen LogP contribution in [0.3, 0.4) is 0 Å². The Morgan fingerprint density at radius 1 is 0.976 bits per heavy atom. The third-order valence-corrected chi connectivity index (χ3v) is 7.17. The van der Waals surface area contributed by atoms with Crippen LogP contribution in [-0.2, 0) is 0 Å². The molecule has 7 nitrogen and oxygen atoms in total. The Morgan fingerprint density at radius 2 is 1.79 bits per heavy atom. The molecule has 3 heterocycles. The van der Waals surface area contributed by atoms with E-state index in [-0.39, 0.29) is 17.5 Å². The van der Waals surface area contributed by atoms with E-state index < -0.39 is 11.6 Å². The van der Waals surface area contributed by atoms with E-state index >= 15 is 4.39 Å². The average Bonchev–Trinajstić information content (AvgIpc) is 3.00. The fourth-order valence-corrected chi connectivity index (χ4v) is 5.07. The molecule has 42 heavy (non-hydrogen) atoms. The Morgan fingerprint density at radius 3 is 2.52 bits per heavy atom. The van der Waals surface area contributed by atoms with Gasteiger partial charge in [0.25, 0.3) is 0 Å². The number of halogens is 2. The molecule has 0 spiro atoms. The maximum atomic E-state index is 15.5. The monoisotopic (exact) mass is 569 g/mol. The second kappa shape index (κ2) is 12.9. The Kier molecular flexibility index (Phi) is 8.88. The van der Waals surface area contributed by atoms with Crippen molar-refractivity contribution in [1.29, 1.82) is 0 Å². The van der Waals surface area contributed by atoms with Crippen molar-refractivity contribution in [3.63, 3.8) is 0 Å². The lowest BCUT2D eigenvalue weighted by Crippen LogP contribution is -2.28. The zero-order chi connectivity index (χ0) is 29.6. The number of fused-ring (bicyclic) bond motifs is 1. The number of rotatable bonds is 11. The minimum atomic E-state index is -0.733. The van der Waals surface area contributed by atoms with E-state index in [1.807, 2.05) is 49.4 Å². The molecule has 0 radical (unpaired) electrons. The molecule has 2 N–H and O–H groups in total. The van der Waals surface area contributed by atoms with E-state index in [1.165, 1.54) is 6.07 Å². The highest BCUT2D eigenvalue weighted by atomic mass is 19.1. The molecule has 0 atom stereocenters. The van der Waals surface area contributed by atoms with Crippen molar-refractivity contribution in [2.75, 3.05) is 37.0 Å². The van der Waals surface area contributed by atoms with Gasteiger partial charge in [0.05, 0.1) is 65.0 Å². The molecule has 9 heteroatoms. The van der Waals surface area contributed by atoms with E-state index in [9.17, 15) is 9.50 Å². The highest BCUT2D eigenvalue weighted by Crippen LogP contribution is 2.41. The lowest BCUT2D eigenvalue weighted by atomic mass is 10.0. The third kappa shape index (κ3) is 5.87. The number of hydrogen-bond donors (Lipinski definition) is 2. The Hall–Kier alpha value is -4.63. The highest BCUT2D eigenvalue weighted by molar-refractivity contribution is 5.99. The zero-order valence-corrected chi connectivity index (χ0v) is 23.9. The van der Waals surface area contributed by atoms with E-state index in [2.05, 4.69) is 27.1 Å². The fourth-order valence-electron chi connectivity index (χ4n) is 5.07. The number of unbranched alkanes of at least 4 members (excludes halogenated alkanes) is 1. The summed E-state index contributed by atoms with van der Waals surface area (Å²) in [5, 5.41) is 13.4. The van der Waals surface area contributed by atoms with Gasteiger partial charge in [-0.2, -0.15) is 0 Å². The van der Waals surface area contributed by atoms with Crippen LogP contribution in [0, 0.1) is 18.6 Å². The van der Waals surface area contributed by atoms with Crippen LogP contribution in [0.25, 0.3) is 33.5 Å². The summed E-state index contributed by atoms with van der Waals surface area (Å²) in [4.78, 5) is 16.0. The number of nitrogens with zero attached hydrogens (tertiary/aromatic N) is 4. The van der Waals surface area contributed by atoms with E-state index in [4.69, 9.17) is 9.72 Å². The number of ether oxygens (including phenoxy) is 1. The lowest BCUT2D eigenvalue weighted by molar-refractivity contribution is 0.301. The first kappa shape index (κ1) is 28.9. The summed E-state index contributed by atoms with van der Waals surface area (Å²) in [5.41, 5.74) is 5.02. The summed E-state index contributed by atoms with van der Waals surface area (Å²) >= 11 is 0. The average molecular weight is 570 g/mol. The summed E-state index contributed by atoms with van der Waals surface area (Å²) in [6.45, 7) is 5.10. The number of aliphatic hydroxyl groups excluding tert-OH is 1. The number of pyridine rings is 3. The predicted octanol–water partition coefficient (Wildman–Crippen LogP) is 7.30. The molecule has 0 bridgehead atoms. The molecule has 216 valence electrons. The molecule has 2 aromatic carbocycles. The van der Waals surface area contributed by atoms with Crippen molar-refractivity contribution in [3.05, 3.63) is 90.3 Å². The van der Waals surface area contributed by atoms with Gasteiger partial charge in [0.1, 0.15) is 17.4 Å². The van der Waals surface area contributed by atoms with Crippen LogP contribution in [0.15, 0.2) is 73.1 Å². The minimum Gasteiger partial charge on any atom is -0.496 e. The lowest BCUT2D eigenvalue weighted by Gasteiger charge is -2.25. The normalized spacial score (nSPS) is 11.1. The maximum Gasteiger partial charge on any atom is 0.137 e. The zero-order valence-electron chi connectivity index (χ0n) is 23.9. The second-order valence-corrected chi connectivity index (χ2v) is 9.94. The first-order chi connectivity index (χ1) is 20.4. The van der Waals surface area contributed by atoms with Crippen molar-refractivity contribution >= 4 is 28.0 Å². The molecular formula is C33H33F2N5O2. The molecule has 3 aromatic heterocycles. The van der Waals surface area contributed by atoms with E-state index in [1.54, 1.807) is 25.6 Å². The highest BCUT2D eigenvalue weighted by Gasteiger charge is 2.21. The number of benzene rings is 2. The van der Waals surface area contributed by atoms with Gasteiger partial charge in [0.15, 0.2) is 0 Å². The van der Waals surface area contributed by atoms with Crippen molar-refractivity contribution in [2.24, 2.45) is 0 Å². The number of aliphatic hydroxyl groups is 1. The molecule has 0 aliphatic carbocycles. The van der Waals surface area contributed by atoms with Gasteiger partial charge < -0.3 is 20.1 Å². The molecule has 0 aliphatic rings. The molecule has 0 saturated carbocycles. The van der Waals surface area contributed by atoms with Gasteiger partial charge in [0, 0.05) is 42.5 Å². The molecule has 5 aromatic rings. The Labute approximate surface area is 243 Å². The second-order valence-electron chi connectivity index (χ2n) is 9.94. The molecular weight excluding hydrogens is 536 g/mol. The third-order valence-electron chi connectivity index (χ3n) is 7.17. The summed E-state index contributed by atoms with van der Waals surface area (Å²) in [6.07, 6.45) is 5.35. The van der Waals surface area contributed by atoms with Gasteiger partial charge in [0.2, 0.25) is 0 Å². The quantitative estimate of drug-likeness (QED) is 0.173. The molecule has 0 aliphatic heterocycles. The number of para-hydroxylation sites is 1. The molecule has 5 rings (SSSR count). The van der Waals surface area contributed by atoms with Crippen LogP contribution in [0.4, 0.5) is 25.8 Å². The topological polar surface area (TPSA) is 83.4 Å². The number of nitrogens with one attached hydrogen (secondary N) is 1. The molecule has 0 fully saturated rings. The minimum absolute atomic E-state index is 0.0148. The predicted molar refractivity (Wildman–Crippen MR) is 163 cm³/mol. The first-order valence-corrected chi connectivity index (χ1v) is 13.9. The molecule has 0 saturated heterocycles. The summed E-state index contributed by atoms with van der Waals surface area (Å²) in [6, 6.07) is 17.0. The van der Waals surface area contributed by atoms with Gasteiger partial charge in [-0.1, -0.05) is 31.5 Å². The molecule has 0 unspecified atom stereocenters. The summed E-state index contributed by atoms with van der Waals surface area (Å²) in [7, 11) is 1.59. The number of anilines is 3. The van der Waals surface area contributed by atoms with Crippen molar-refractivity contribution < 1.29 is 18.6 Å². The van der Waals surface area contributed by atoms with Gasteiger partial charge in [-0.15, -0.1) is 0 Å². The van der Waals surface area contributed by atoms with Gasteiger partial charge in [-0.05, 0) is 43.7 Å². The van der Waals surface area contributed by atoms with Gasteiger partial charge >= 0.3 is 0 Å². The van der Waals surface area contributed by atoms with Crippen LogP contribution < -0.4 is 15.0 Å². The number of hydrogen-bond acceptors (Lipinski definition) is 7. The van der Waals surface area contributed by atoms with Crippen molar-refractivity contribution in [3.8, 4) is 28.4 Å². The standard InChI is InChI=1S/C33H33F2N5O2/c1-4-5-14-40(15-16-41)23-19-28(33(37-20-23)24-10-6-7-12-29(24)42-3)39-32-21(2)31(26-11-8-9-13-36-26)38-27-18-22(34)17-25(35)30(27)32/h6-13,17-20,41H,4-5,14-16H2,1-3H3,(H,38,39). The Balaban J connectivity index is 1.76. The SMILES string of the molecule is CCCCN(CCO)c1cnc(-c2ccccc2OC)c(Nc2c(C)c(-c3ccccn3)nc3cc(F)cc(F)c23)c1. The van der Waals surface area contributed by atoms with Crippen LogP contribution >= 0.6 is 0 Å². The molecule has 0 amide bonds. The number of methoxy groups -OCH3 is 1. The smallest absolute Gasteiger partial charge is 0.137 e.